The van der Waals surface area contributed by atoms with Gasteiger partial charge in [0.05, 0.1) is 18.9 Å². The van der Waals surface area contributed by atoms with E-state index in [-0.39, 0.29) is 5.82 Å². The van der Waals surface area contributed by atoms with Crippen molar-refractivity contribution in [1.29, 1.82) is 0 Å². The average Bonchev–Trinajstić information content (AvgIpc) is 3.19. The Balaban J connectivity index is 1.40. The van der Waals surface area contributed by atoms with E-state index in [1.165, 1.54) is 27.8 Å². The zero-order valence-corrected chi connectivity index (χ0v) is 16.4. The lowest BCUT2D eigenvalue weighted by Crippen LogP contribution is -2.55. The first-order chi connectivity index (χ1) is 13.0. The van der Waals surface area contributed by atoms with Crippen molar-refractivity contribution in [3.63, 3.8) is 0 Å². The Morgan fingerprint density at radius 2 is 1.59 bits per heavy atom. The number of halogens is 1. The number of hydrogen-bond acceptors (Lipinski definition) is 6. The Kier molecular flexibility index (Phi) is 5.42. The Morgan fingerprint density at radius 3 is 2.26 bits per heavy atom. The third kappa shape index (κ3) is 3.99. The highest BCUT2D eigenvalue weighted by molar-refractivity contribution is 7.86. The molecule has 0 amide bonds. The van der Waals surface area contributed by atoms with E-state index in [9.17, 15) is 12.8 Å². The number of nitrogens with zero attached hydrogens (tertiary/aromatic N) is 4. The predicted molar refractivity (Wildman–Crippen MR) is 103 cm³/mol. The van der Waals surface area contributed by atoms with E-state index in [2.05, 4.69) is 9.88 Å². The van der Waals surface area contributed by atoms with Gasteiger partial charge in [0.25, 0.3) is 10.2 Å². The molecule has 0 saturated carbocycles. The van der Waals surface area contributed by atoms with Crippen molar-refractivity contribution in [3.05, 3.63) is 35.5 Å². The number of ether oxygens (including phenoxy) is 1. The molecule has 2 aliphatic heterocycles. The summed E-state index contributed by atoms with van der Waals surface area (Å²) in [5, 5.41) is 2.80. The molecule has 0 N–H and O–H groups in total. The van der Waals surface area contributed by atoms with Crippen LogP contribution < -0.4 is 4.90 Å². The van der Waals surface area contributed by atoms with Gasteiger partial charge in [0.2, 0.25) is 0 Å². The molecule has 1 aromatic heterocycles. The van der Waals surface area contributed by atoms with Gasteiger partial charge in [-0.05, 0) is 24.3 Å². The maximum absolute atomic E-state index is 13.1. The van der Waals surface area contributed by atoms with Crippen LogP contribution in [-0.2, 0) is 14.9 Å². The molecule has 2 saturated heterocycles. The van der Waals surface area contributed by atoms with Gasteiger partial charge in [-0.1, -0.05) is 0 Å². The van der Waals surface area contributed by atoms with Gasteiger partial charge < -0.3 is 9.64 Å². The molecule has 3 heterocycles. The number of hydrogen-bond donors (Lipinski definition) is 0. The van der Waals surface area contributed by atoms with Gasteiger partial charge in [-0.15, -0.1) is 11.3 Å². The topological polar surface area (TPSA) is 66.0 Å². The van der Waals surface area contributed by atoms with Crippen LogP contribution in [0, 0.1) is 5.82 Å². The van der Waals surface area contributed by atoms with Crippen LogP contribution in [-0.4, -0.2) is 74.5 Å². The van der Waals surface area contributed by atoms with Crippen LogP contribution in [0.25, 0.3) is 11.3 Å². The largest absolute Gasteiger partial charge is 0.379 e. The van der Waals surface area contributed by atoms with Crippen LogP contribution in [0.4, 0.5) is 9.52 Å². The number of aromatic nitrogens is 1. The minimum atomic E-state index is -3.43. The average molecular weight is 413 g/mol. The summed E-state index contributed by atoms with van der Waals surface area (Å²) in [4.78, 5) is 6.74. The van der Waals surface area contributed by atoms with Crippen LogP contribution in [0.5, 0.6) is 0 Å². The highest BCUT2D eigenvalue weighted by Crippen LogP contribution is 2.28. The van der Waals surface area contributed by atoms with Gasteiger partial charge in [0.1, 0.15) is 5.82 Å². The summed E-state index contributed by atoms with van der Waals surface area (Å²) >= 11 is 1.52. The minimum absolute atomic E-state index is 0.271. The zero-order chi connectivity index (χ0) is 18.9. The van der Waals surface area contributed by atoms with Crippen LogP contribution in [0.2, 0.25) is 0 Å². The first kappa shape index (κ1) is 18.8. The lowest BCUT2D eigenvalue weighted by atomic mass is 10.2. The van der Waals surface area contributed by atoms with Gasteiger partial charge in [-0.25, -0.2) is 9.37 Å². The number of piperazine rings is 1. The Morgan fingerprint density at radius 1 is 0.963 bits per heavy atom. The summed E-state index contributed by atoms with van der Waals surface area (Å²) in [6, 6.07) is 6.26. The number of thiazole rings is 1. The Bertz CT molecular complexity index is 874. The van der Waals surface area contributed by atoms with Crippen LogP contribution in [0.15, 0.2) is 29.6 Å². The van der Waals surface area contributed by atoms with Gasteiger partial charge in [0.15, 0.2) is 5.13 Å². The maximum atomic E-state index is 13.1. The third-order valence-electron chi connectivity index (χ3n) is 4.76. The molecule has 0 bridgehead atoms. The van der Waals surface area contributed by atoms with E-state index in [0.717, 1.165) is 16.4 Å². The molecule has 2 aliphatic rings. The molecule has 146 valence electrons. The number of rotatable bonds is 4. The summed E-state index contributed by atoms with van der Waals surface area (Å²) in [6.07, 6.45) is 0. The molecule has 4 rings (SSSR count). The zero-order valence-electron chi connectivity index (χ0n) is 14.8. The van der Waals surface area contributed by atoms with E-state index in [0.29, 0.717) is 52.5 Å². The molecule has 2 fully saturated rings. The standard InChI is InChI=1S/C17H21FN4O3S2/c18-15-3-1-14(2-4-15)16-13-26-17(19-16)20-5-7-21(8-6-20)27(23,24)22-9-11-25-12-10-22/h1-4,13H,5-12H2. The van der Waals surface area contributed by atoms with Crippen molar-refractivity contribution in [1.82, 2.24) is 13.6 Å². The van der Waals surface area contributed by atoms with Gasteiger partial charge in [-0.3, -0.25) is 0 Å². The second-order valence-corrected chi connectivity index (χ2v) is 9.19. The van der Waals surface area contributed by atoms with Crippen molar-refractivity contribution < 1.29 is 17.5 Å². The van der Waals surface area contributed by atoms with Crippen molar-refractivity contribution in [3.8, 4) is 11.3 Å². The summed E-state index contributed by atoms with van der Waals surface area (Å²) in [6.45, 7) is 3.79. The molecule has 0 atom stereocenters. The van der Waals surface area contributed by atoms with Crippen molar-refractivity contribution in [2.24, 2.45) is 0 Å². The van der Waals surface area contributed by atoms with E-state index in [1.54, 1.807) is 16.4 Å². The maximum Gasteiger partial charge on any atom is 0.282 e. The molecule has 2 aromatic rings. The third-order valence-corrected chi connectivity index (χ3v) is 7.70. The van der Waals surface area contributed by atoms with E-state index < -0.39 is 10.2 Å². The molecule has 0 aliphatic carbocycles. The molecule has 0 spiro atoms. The second-order valence-electron chi connectivity index (χ2n) is 6.43. The molecule has 0 radical (unpaired) electrons. The van der Waals surface area contributed by atoms with Crippen molar-refractivity contribution in [2.45, 2.75) is 0 Å². The summed E-state index contributed by atoms with van der Waals surface area (Å²) in [7, 11) is -3.43. The minimum Gasteiger partial charge on any atom is -0.379 e. The van der Waals surface area contributed by atoms with Crippen LogP contribution in [0.3, 0.4) is 0 Å². The smallest absolute Gasteiger partial charge is 0.282 e. The van der Waals surface area contributed by atoms with E-state index >= 15 is 0 Å². The SMILES string of the molecule is O=S(=O)(N1CCOCC1)N1CCN(c2nc(-c3ccc(F)cc3)cs2)CC1. The van der Waals surface area contributed by atoms with Crippen LogP contribution >= 0.6 is 11.3 Å². The Labute approximate surface area is 162 Å². The van der Waals surface area contributed by atoms with Gasteiger partial charge in [0, 0.05) is 50.2 Å². The molecule has 27 heavy (non-hydrogen) atoms. The fourth-order valence-electron chi connectivity index (χ4n) is 3.21. The monoisotopic (exact) mass is 412 g/mol. The number of anilines is 1. The molecule has 0 unspecified atom stereocenters. The highest BCUT2D eigenvalue weighted by Gasteiger charge is 2.33. The Hall–Kier alpha value is -1.59. The first-order valence-electron chi connectivity index (χ1n) is 8.83. The number of morpholine rings is 1. The predicted octanol–water partition coefficient (Wildman–Crippen LogP) is 1.65. The summed E-state index contributed by atoms with van der Waals surface area (Å²) in [5.41, 5.74) is 1.67. The van der Waals surface area contributed by atoms with Crippen molar-refractivity contribution >= 4 is 26.7 Å². The molecular weight excluding hydrogens is 391 g/mol. The van der Waals surface area contributed by atoms with Gasteiger partial charge >= 0.3 is 0 Å². The van der Waals surface area contributed by atoms with E-state index in [1.807, 2.05) is 5.38 Å². The number of benzene rings is 1. The van der Waals surface area contributed by atoms with E-state index in [4.69, 9.17) is 4.74 Å². The molecule has 10 heteroatoms. The lowest BCUT2D eigenvalue weighted by molar-refractivity contribution is 0.0700. The quantitative estimate of drug-likeness (QED) is 0.764. The second kappa shape index (κ2) is 7.80. The normalized spacial score (nSPS) is 20.1. The molecular formula is C17H21FN4O3S2. The molecule has 1 aromatic carbocycles. The van der Waals surface area contributed by atoms with Gasteiger partial charge in [-0.2, -0.15) is 17.0 Å². The first-order valence-corrected chi connectivity index (χ1v) is 11.1. The summed E-state index contributed by atoms with van der Waals surface area (Å²) < 4.78 is 46.8. The fraction of sp³-hybridized carbons (Fsp3) is 0.471. The van der Waals surface area contributed by atoms with Crippen LogP contribution in [0.1, 0.15) is 0 Å². The molecule has 7 nitrogen and oxygen atoms in total. The summed E-state index contributed by atoms with van der Waals surface area (Å²) in [5.74, 6) is -0.271. The lowest BCUT2D eigenvalue weighted by Gasteiger charge is -2.37. The van der Waals surface area contributed by atoms with Crippen molar-refractivity contribution in [2.75, 3.05) is 57.4 Å². The highest BCUT2D eigenvalue weighted by atomic mass is 32.2. The fourth-order valence-corrected chi connectivity index (χ4v) is 5.66.